The van der Waals surface area contributed by atoms with Gasteiger partial charge >= 0.3 is 6.18 Å². The summed E-state index contributed by atoms with van der Waals surface area (Å²) in [7, 11) is 1.49. The van der Waals surface area contributed by atoms with Crippen molar-refractivity contribution < 1.29 is 46.8 Å². The molecule has 6 atom stereocenters. The molecule has 7 rings (SSSR count). The number of rotatable bonds is 11. The second-order valence-electron chi connectivity index (χ2n) is 14.2. The average Bonchev–Trinajstić information content (AvgIpc) is 3.84. The summed E-state index contributed by atoms with van der Waals surface area (Å²) in [6, 6.07) is 4.83. The van der Waals surface area contributed by atoms with Gasteiger partial charge in [0.25, 0.3) is 0 Å². The zero-order valence-corrected chi connectivity index (χ0v) is 29.2. The monoisotopic (exact) mass is 740 g/mol. The van der Waals surface area contributed by atoms with Gasteiger partial charge in [-0.2, -0.15) is 13.2 Å². The molecule has 2 aromatic carbocycles. The third-order valence-electron chi connectivity index (χ3n) is 10.5. The first-order valence-corrected chi connectivity index (χ1v) is 17.4. The van der Waals surface area contributed by atoms with Crippen LogP contribution in [0.15, 0.2) is 54.3 Å². The summed E-state index contributed by atoms with van der Waals surface area (Å²) in [6.45, 7) is 3.92. The Hall–Kier alpha value is -4.80. The van der Waals surface area contributed by atoms with Gasteiger partial charge in [-0.3, -0.25) is 19.8 Å². The van der Waals surface area contributed by atoms with Crippen molar-refractivity contribution in [2.24, 2.45) is 17.3 Å². The first kappa shape index (κ1) is 36.6. The number of nitrogens with zero attached hydrogens (tertiary/aromatic N) is 3. The molecule has 3 fully saturated rings. The number of nitrogens with one attached hydrogen (secondary N) is 3. The van der Waals surface area contributed by atoms with Crippen LogP contribution in [0.1, 0.15) is 55.6 Å². The normalized spacial score (nSPS) is 25.6. The quantitative estimate of drug-likeness (QED) is 0.140. The third kappa shape index (κ3) is 7.02. The van der Waals surface area contributed by atoms with Crippen molar-refractivity contribution in [2.75, 3.05) is 25.6 Å². The highest BCUT2D eigenvalue weighted by molar-refractivity contribution is 6.08. The summed E-state index contributed by atoms with van der Waals surface area (Å²) in [5.74, 6) is -2.20. The number of alkyl halides is 3. The number of carbonyl (C=O) groups is 2. The number of hydrogen-bond acceptors (Lipinski definition) is 11. The number of methoxy groups -OCH3 is 1. The summed E-state index contributed by atoms with van der Waals surface area (Å²) in [5, 5.41) is 29.9. The van der Waals surface area contributed by atoms with Gasteiger partial charge in [-0.1, -0.05) is 24.3 Å². The fourth-order valence-corrected chi connectivity index (χ4v) is 7.35. The highest BCUT2D eigenvalue weighted by atomic mass is 19.4. The molecule has 282 valence electrons. The minimum absolute atomic E-state index is 0.174. The van der Waals surface area contributed by atoms with Gasteiger partial charge in [0, 0.05) is 34.7 Å². The lowest BCUT2D eigenvalue weighted by atomic mass is 9.87. The minimum Gasteiger partial charge on any atom is -0.493 e. The molecule has 16 heteroatoms. The lowest BCUT2D eigenvalue weighted by molar-refractivity contribution is -0.149. The van der Waals surface area contributed by atoms with Gasteiger partial charge in [-0.05, 0) is 57.7 Å². The zero-order chi connectivity index (χ0) is 37.8. The molecule has 1 aromatic heterocycles. The summed E-state index contributed by atoms with van der Waals surface area (Å²) in [4.78, 5) is 37.1. The highest BCUT2D eigenvalue weighted by Gasteiger charge is 2.54. The smallest absolute Gasteiger partial charge is 0.419 e. The van der Waals surface area contributed by atoms with E-state index in [9.17, 15) is 33.0 Å². The average molecular weight is 741 g/mol. The molecule has 4 aliphatic rings. The zero-order valence-electron chi connectivity index (χ0n) is 29.2. The van der Waals surface area contributed by atoms with Gasteiger partial charge in [0.15, 0.2) is 11.5 Å². The number of amides is 2. The van der Waals surface area contributed by atoms with Crippen LogP contribution in [-0.2, 0) is 15.8 Å². The Morgan fingerprint density at radius 1 is 1.11 bits per heavy atom. The molecular weight excluding hydrogens is 700 g/mol. The number of benzene rings is 2. The number of allylic oxidation sites excluding steroid dienone is 2. The Balaban J connectivity index is 1.06. The van der Waals surface area contributed by atoms with E-state index in [2.05, 4.69) is 25.9 Å². The van der Waals surface area contributed by atoms with E-state index in [0.29, 0.717) is 53.0 Å². The van der Waals surface area contributed by atoms with Crippen LogP contribution in [0.4, 0.5) is 23.4 Å². The Kier molecular flexibility index (Phi) is 9.57. The summed E-state index contributed by atoms with van der Waals surface area (Å²) < 4.78 is 67.2. The van der Waals surface area contributed by atoms with E-state index < -0.39 is 59.8 Å². The summed E-state index contributed by atoms with van der Waals surface area (Å²) in [5.41, 5.74) is -0.750. The minimum atomic E-state index is -4.85. The molecular formula is C37H40F4N6O6. The van der Waals surface area contributed by atoms with Crippen molar-refractivity contribution >= 4 is 28.5 Å². The Bertz CT molecular complexity index is 2000. The Morgan fingerprint density at radius 3 is 2.58 bits per heavy atom. The van der Waals surface area contributed by atoms with Crippen LogP contribution in [0.25, 0.3) is 10.9 Å². The molecule has 53 heavy (non-hydrogen) atoms. The molecule has 2 amide bonds. The molecule has 2 aliphatic carbocycles. The van der Waals surface area contributed by atoms with Gasteiger partial charge in [-0.15, -0.1) is 0 Å². The van der Waals surface area contributed by atoms with E-state index in [0.717, 1.165) is 23.8 Å². The van der Waals surface area contributed by atoms with Crippen molar-refractivity contribution in [3.05, 3.63) is 77.0 Å². The number of halogens is 4. The number of hydrogen-bond donors (Lipinski definition) is 5. The van der Waals surface area contributed by atoms with Crippen LogP contribution in [-0.4, -0.2) is 75.7 Å². The van der Waals surface area contributed by atoms with Crippen molar-refractivity contribution in [1.82, 2.24) is 25.5 Å². The number of aliphatic hydroxyl groups is 2. The maximum Gasteiger partial charge on any atom is 0.419 e. The lowest BCUT2D eigenvalue weighted by Gasteiger charge is -2.36. The van der Waals surface area contributed by atoms with E-state index in [1.807, 2.05) is 0 Å². The number of carbonyl (C=O) groups excluding carboxylic acids is 2. The molecule has 3 heterocycles. The van der Waals surface area contributed by atoms with E-state index in [1.54, 1.807) is 44.2 Å². The standard InChI is InChI=1S/C37H40F4N6O6/c1-18(20-6-4-8-23(31(20)38)37(39,40)41)43-32-22-14-28(27(52-3)15-25(22)44-19(2)45-32)53-17-36(12-13-36)16-42-24-9-5-7-21-30(24)35(51)47(34(21)50)26-10-11-29(48)46-33(26)49/h4-9,14-15,18,21,26,29-30,33,42,46,48-49H,10-13,16-17H2,1-3H3,(H,43,44,45)/t18-,21?,26?,29?,30?,33?/m1/s1. The van der Waals surface area contributed by atoms with Crippen LogP contribution < -0.4 is 25.4 Å². The van der Waals surface area contributed by atoms with Crippen LogP contribution in [0.3, 0.4) is 0 Å². The van der Waals surface area contributed by atoms with E-state index in [4.69, 9.17) is 9.47 Å². The second kappa shape index (κ2) is 13.9. The molecule has 12 nitrogen and oxygen atoms in total. The van der Waals surface area contributed by atoms with Crippen molar-refractivity contribution in [3.63, 3.8) is 0 Å². The molecule has 0 bridgehead atoms. The number of imide groups is 1. The molecule has 3 aromatic rings. The maximum atomic E-state index is 15.0. The molecule has 1 saturated carbocycles. The van der Waals surface area contributed by atoms with Crippen LogP contribution in [0.5, 0.6) is 11.5 Å². The third-order valence-corrected chi connectivity index (χ3v) is 10.5. The number of aromatic nitrogens is 2. The summed E-state index contributed by atoms with van der Waals surface area (Å²) in [6.07, 6.45) is 0.430. The SMILES string of the molecule is COc1cc2nc(C)nc(N[C@H](C)c3cccc(C(F)(F)F)c3F)c2cc1OCC1(CNC2=CC=CC3C(=O)N(C4CCC(O)NC4O)C(=O)C23)CC1. The molecule has 5 N–H and O–H groups in total. The Morgan fingerprint density at radius 2 is 1.89 bits per heavy atom. The topological polar surface area (TPSA) is 158 Å². The van der Waals surface area contributed by atoms with Crippen LogP contribution in [0, 0.1) is 30.0 Å². The van der Waals surface area contributed by atoms with Crippen molar-refractivity contribution in [3.8, 4) is 11.5 Å². The highest BCUT2D eigenvalue weighted by Crippen LogP contribution is 2.47. The molecule has 5 unspecified atom stereocenters. The largest absolute Gasteiger partial charge is 0.493 e. The van der Waals surface area contributed by atoms with E-state index in [-0.39, 0.29) is 35.7 Å². The predicted octanol–water partition coefficient (Wildman–Crippen LogP) is 4.47. The molecule has 2 saturated heterocycles. The van der Waals surface area contributed by atoms with Crippen LogP contribution in [0.2, 0.25) is 0 Å². The van der Waals surface area contributed by atoms with E-state index in [1.165, 1.54) is 13.2 Å². The Labute approximate surface area is 302 Å². The van der Waals surface area contributed by atoms with Gasteiger partial charge < -0.3 is 30.3 Å². The van der Waals surface area contributed by atoms with Crippen LogP contribution >= 0.6 is 0 Å². The molecule has 0 spiro atoms. The number of ether oxygens (including phenoxy) is 2. The molecule has 2 aliphatic heterocycles. The predicted molar refractivity (Wildman–Crippen MR) is 184 cm³/mol. The number of piperidine rings is 1. The fraction of sp³-hybridized carbons (Fsp3) is 0.459. The number of fused-ring (bicyclic) bond motifs is 2. The second-order valence-corrected chi connectivity index (χ2v) is 14.2. The maximum absolute atomic E-state index is 15.0. The van der Waals surface area contributed by atoms with Gasteiger partial charge in [0.05, 0.1) is 48.7 Å². The number of likely N-dealkylation sites (tertiary alicyclic amines) is 1. The number of anilines is 1. The van der Waals surface area contributed by atoms with E-state index >= 15 is 4.39 Å². The first-order chi connectivity index (χ1) is 25.2. The van der Waals surface area contributed by atoms with Gasteiger partial charge in [0.2, 0.25) is 11.8 Å². The first-order valence-electron chi connectivity index (χ1n) is 17.4. The molecule has 0 radical (unpaired) electrons. The van der Waals surface area contributed by atoms with Gasteiger partial charge in [-0.25, -0.2) is 14.4 Å². The lowest BCUT2D eigenvalue weighted by Crippen LogP contribution is -2.58. The van der Waals surface area contributed by atoms with Gasteiger partial charge in [0.1, 0.15) is 29.9 Å². The summed E-state index contributed by atoms with van der Waals surface area (Å²) >= 11 is 0. The fourth-order valence-electron chi connectivity index (χ4n) is 7.35. The number of aliphatic hydroxyl groups excluding tert-OH is 2. The number of aryl methyl sites for hydroxylation is 1. The van der Waals surface area contributed by atoms with Crippen molar-refractivity contribution in [2.45, 2.75) is 70.2 Å². The van der Waals surface area contributed by atoms with Crippen molar-refractivity contribution in [1.29, 1.82) is 0 Å².